The summed E-state index contributed by atoms with van der Waals surface area (Å²) in [5, 5.41) is 0.0255. The molecule has 0 bridgehead atoms. The van der Waals surface area contributed by atoms with Gasteiger partial charge in [0, 0.05) is 5.16 Å². The van der Waals surface area contributed by atoms with E-state index in [1.54, 1.807) is 0 Å². The molecule has 1 aliphatic rings. The Hall–Kier alpha value is 0.155. The van der Waals surface area contributed by atoms with Crippen molar-refractivity contribution in [2.24, 2.45) is 5.41 Å². The number of hydrogen-bond acceptors (Lipinski definition) is 2. The van der Waals surface area contributed by atoms with Gasteiger partial charge >= 0.3 is 7.48 Å². The van der Waals surface area contributed by atoms with Crippen molar-refractivity contribution >= 4 is 16.7 Å². The summed E-state index contributed by atoms with van der Waals surface area (Å²) in [5.74, 6) is 0. The summed E-state index contributed by atoms with van der Waals surface area (Å²) in [6.07, 6.45) is 7.04. The Labute approximate surface area is 142 Å². The summed E-state index contributed by atoms with van der Waals surface area (Å²) >= 11 is 0. The normalized spacial score (nSPS) is 22.7. The molecular formula is C18H35BO2P+2. The molecule has 2 atom stereocenters. The monoisotopic (exact) mass is 325 g/mol. The van der Waals surface area contributed by atoms with Gasteiger partial charge in [-0.15, -0.1) is 9.24 Å². The number of unbranched alkanes of at least 4 members (excludes halogenated alkanes) is 3. The van der Waals surface area contributed by atoms with Crippen molar-refractivity contribution in [2.45, 2.75) is 97.4 Å². The standard InChI is InChI=1S/C18H35BO2P/c1-9-10-11-12-13-18(8,22)17(6,7)21-19-14-15(2,3)16(4,5)20-14/h11H,9-10,12-13,22H2,1-8H3/q+2. The van der Waals surface area contributed by atoms with Crippen LogP contribution in [0.15, 0.2) is 0 Å². The van der Waals surface area contributed by atoms with Crippen molar-refractivity contribution in [3.05, 3.63) is 12.4 Å². The predicted molar refractivity (Wildman–Crippen MR) is 99.7 cm³/mol. The van der Waals surface area contributed by atoms with Crippen LogP contribution in [-0.4, -0.2) is 23.8 Å². The van der Waals surface area contributed by atoms with E-state index in [0.717, 1.165) is 18.8 Å². The second-order valence-corrected chi connectivity index (χ2v) is 9.66. The fraction of sp³-hybridized carbons (Fsp3) is 0.889. The molecule has 0 amide bonds. The average molecular weight is 325 g/mol. The van der Waals surface area contributed by atoms with E-state index in [1.807, 2.05) is 7.48 Å². The van der Waals surface area contributed by atoms with Gasteiger partial charge in [0.05, 0.1) is 24.9 Å². The lowest BCUT2D eigenvalue weighted by Crippen LogP contribution is -2.61. The molecule has 0 aliphatic carbocycles. The van der Waals surface area contributed by atoms with E-state index in [2.05, 4.69) is 71.1 Å². The summed E-state index contributed by atoms with van der Waals surface area (Å²) in [5.41, 5.74) is -0.356. The van der Waals surface area contributed by atoms with Gasteiger partial charge in [0.15, 0.2) is 11.0 Å². The Kier molecular flexibility index (Phi) is 6.38. The number of ether oxygens (including phenoxy) is 1. The quantitative estimate of drug-likeness (QED) is 0.253. The summed E-state index contributed by atoms with van der Waals surface area (Å²) in [4.78, 5) is 0. The lowest BCUT2D eigenvalue weighted by molar-refractivity contribution is -0.200. The Morgan fingerprint density at radius 3 is 2.23 bits per heavy atom. The molecule has 1 heterocycles. The molecule has 0 aromatic carbocycles. The van der Waals surface area contributed by atoms with Gasteiger partial charge in [-0.1, -0.05) is 13.8 Å². The first-order valence-electron chi connectivity index (χ1n) is 8.55. The van der Waals surface area contributed by atoms with Gasteiger partial charge in [0.25, 0.3) is 0 Å². The largest absolute Gasteiger partial charge is 0.643 e. The molecule has 0 aromatic heterocycles. The van der Waals surface area contributed by atoms with E-state index in [9.17, 15) is 0 Å². The van der Waals surface area contributed by atoms with Crippen LogP contribution in [0.4, 0.5) is 0 Å². The maximum atomic E-state index is 6.16. The van der Waals surface area contributed by atoms with Gasteiger partial charge in [0.1, 0.15) is 0 Å². The fourth-order valence-corrected chi connectivity index (χ4v) is 2.57. The van der Waals surface area contributed by atoms with Gasteiger partial charge in [-0.3, -0.25) is 0 Å². The Morgan fingerprint density at radius 2 is 1.77 bits per heavy atom. The SMILES string of the molecule is CCC[CH+]CCC(C)(P)C(C)(C)O[B][C+]1OC(C)(C)C1(C)C. The zero-order valence-corrected chi connectivity index (χ0v) is 17.0. The molecule has 1 radical (unpaired) electrons. The van der Waals surface area contributed by atoms with Crippen molar-refractivity contribution < 1.29 is 9.39 Å². The van der Waals surface area contributed by atoms with E-state index in [0.29, 0.717) is 0 Å². The van der Waals surface area contributed by atoms with Crippen LogP contribution in [0.5, 0.6) is 0 Å². The van der Waals surface area contributed by atoms with Crippen LogP contribution in [-0.2, 0) is 9.39 Å². The molecule has 22 heavy (non-hydrogen) atoms. The van der Waals surface area contributed by atoms with E-state index in [4.69, 9.17) is 9.39 Å². The van der Waals surface area contributed by atoms with E-state index in [-0.39, 0.29) is 21.8 Å². The highest BCUT2D eigenvalue weighted by molar-refractivity contribution is 7.19. The second kappa shape index (κ2) is 6.95. The zero-order valence-electron chi connectivity index (χ0n) is 15.9. The Morgan fingerprint density at radius 1 is 1.18 bits per heavy atom. The first kappa shape index (κ1) is 20.2. The topological polar surface area (TPSA) is 18.5 Å². The summed E-state index contributed by atoms with van der Waals surface area (Å²) in [7, 11) is 4.84. The summed E-state index contributed by atoms with van der Waals surface area (Å²) < 4.78 is 12.0. The first-order valence-corrected chi connectivity index (χ1v) is 9.13. The Balaban J connectivity index is 2.49. The molecule has 0 aromatic rings. The minimum Gasteiger partial charge on any atom is -0.386 e. The van der Waals surface area contributed by atoms with Crippen LogP contribution in [0, 0.1) is 17.8 Å². The van der Waals surface area contributed by atoms with Crippen LogP contribution in [0.25, 0.3) is 0 Å². The van der Waals surface area contributed by atoms with Crippen molar-refractivity contribution in [3.8, 4) is 0 Å². The minimum absolute atomic E-state index is 0.0231. The van der Waals surface area contributed by atoms with Gasteiger partial charge in [-0.2, -0.15) is 0 Å². The zero-order chi connectivity index (χ0) is 17.2. The molecule has 0 saturated carbocycles. The van der Waals surface area contributed by atoms with Crippen LogP contribution >= 0.6 is 9.24 Å². The molecule has 1 aliphatic heterocycles. The smallest absolute Gasteiger partial charge is 0.386 e. The molecule has 1 fully saturated rings. The molecular weight excluding hydrogens is 290 g/mol. The molecule has 0 spiro atoms. The highest BCUT2D eigenvalue weighted by Gasteiger charge is 2.69. The minimum atomic E-state index is -0.260. The van der Waals surface area contributed by atoms with Gasteiger partial charge in [-0.05, 0) is 54.4 Å². The van der Waals surface area contributed by atoms with Crippen molar-refractivity contribution in [1.29, 1.82) is 0 Å². The number of rotatable bonds is 9. The maximum absolute atomic E-state index is 6.16. The third-order valence-corrected chi connectivity index (χ3v) is 6.67. The van der Waals surface area contributed by atoms with Crippen LogP contribution < -0.4 is 0 Å². The van der Waals surface area contributed by atoms with Crippen molar-refractivity contribution in [3.63, 3.8) is 0 Å². The van der Waals surface area contributed by atoms with Crippen LogP contribution in [0.2, 0.25) is 0 Å². The second-order valence-electron chi connectivity index (χ2n) is 8.38. The highest BCUT2D eigenvalue weighted by atomic mass is 31.0. The summed E-state index contributed by atoms with van der Waals surface area (Å²) in [6.45, 7) is 17.5. The molecule has 0 N–H and O–H groups in total. The van der Waals surface area contributed by atoms with Crippen molar-refractivity contribution in [1.82, 2.24) is 0 Å². The number of hydrogen-bond donors (Lipinski definition) is 0. The van der Waals surface area contributed by atoms with E-state index >= 15 is 0 Å². The lowest BCUT2D eigenvalue weighted by atomic mass is 9.58. The van der Waals surface area contributed by atoms with E-state index < -0.39 is 0 Å². The van der Waals surface area contributed by atoms with Gasteiger partial charge in [-0.25, -0.2) is 4.74 Å². The highest BCUT2D eigenvalue weighted by Crippen LogP contribution is 2.54. The van der Waals surface area contributed by atoms with Crippen LogP contribution in [0.3, 0.4) is 0 Å². The fourth-order valence-electron chi connectivity index (χ4n) is 2.34. The molecule has 125 valence electrons. The van der Waals surface area contributed by atoms with Gasteiger partial charge < -0.3 is 4.65 Å². The van der Waals surface area contributed by atoms with Gasteiger partial charge in [0.2, 0.25) is 6.00 Å². The summed E-state index contributed by atoms with van der Waals surface area (Å²) in [6, 6.07) is 0.948. The molecule has 4 heteroatoms. The molecule has 2 nitrogen and oxygen atoms in total. The Bertz CT molecular complexity index is 364. The van der Waals surface area contributed by atoms with Crippen molar-refractivity contribution in [2.75, 3.05) is 0 Å². The lowest BCUT2D eigenvalue weighted by Gasteiger charge is -2.47. The molecule has 2 unspecified atom stereocenters. The maximum Gasteiger partial charge on any atom is 0.643 e. The third-order valence-electron chi connectivity index (χ3n) is 5.68. The average Bonchev–Trinajstić information content (AvgIpc) is 2.39. The third kappa shape index (κ3) is 4.16. The molecule has 1 saturated heterocycles. The predicted octanol–water partition coefficient (Wildman–Crippen LogP) is 5.14. The van der Waals surface area contributed by atoms with Crippen LogP contribution in [0.1, 0.15) is 81.1 Å². The van der Waals surface area contributed by atoms with E-state index in [1.165, 1.54) is 12.8 Å². The first-order chi connectivity index (χ1) is 9.87. The molecule has 1 rings (SSSR count).